The highest BCUT2D eigenvalue weighted by Crippen LogP contribution is 2.45. The van der Waals surface area contributed by atoms with Gasteiger partial charge in [-0.3, -0.25) is 9.48 Å². The molecule has 4 rings (SSSR count). The van der Waals surface area contributed by atoms with Crippen molar-refractivity contribution in [1.82, 2.24) is 20.4 Å². The second kappa shape index (κ2) is 5.13. The second-order valence-electron chi connectivity index (χ2n) is 6.90. The summed E-state index contributed by atoms with van der Waals surface area (Å²) in [6.07, 6.45) is 10.0. The summed E-state index contributed by atoms with van der Waals surface area (Å²) in [6.45, 7) is 2.13. The van der Waals surface area contributed by atoms with Crippen LogP contribution in [0.1, 0.15) is 61.5 Å². The van der Waals surface area contributed by atoms with Crippen molar-refractivity contribution in [2.75, 3.05) is 13.1 Å². The van der Waals surface area contributed by atoms with E-state index in [4.69, 9.17) is 0 Å². The number of hydrogen-bond donors (Lipinski definition) is 2. The van der Waals surface area contributed by atoms with Gasteiger partial charge in [0.25, 0.3) is 5.91 Å². The SMILES string of the molecule is O=C(NC1(C2CCNC2)CC1)c1ccnn1C1CCCC1. The van der Waals surface area contributed by atoms with Gasteiger partial charge in [0, 0.05) is 18.3 Å². The molecule has 2 saturated carbocycles. The van der Waals surface area contributed by atoms with Crippen LogP contribution in [0.2, 0.25) is 0 Å². The maximum absolute atomic E-state index is 12.7. The fourth-order valence-corrected chi connectivity index (χ4v) is 4.12. The van der Waals surface area contributed by atoms with Crippen molar-refractivity contribution in [2.24, 2.45) is 5.92 Å². The molecular formula is C16H24N4O. The largest absolute Gasteiger partial charge is 0.345 e. The first-order valence-electron chi connectivity index (χ1n) is 8.35. The summed E-state index contributed by atoms with van der Waals surface area (Å²) in [4.78, 5) is 12.7. The van der Waals surface area contributed by atoms with Crippen molar-refractivity contribution in [3.63, 3.8) is 0 Å². The summed E-state index contributed by atoms with van der Waals surface area (Å²) in [6, 6.07) is 2.29. The molecule has 2 aliphatic carbocycles. The molecule has 5 heteroatoms. The first-order chi connectivity index (χ1) is 10.3. The lowest BCUT2D eigenvalue weighted by Gasteiger charge is -2.24. The molecule has 1 aromatic heterocycles. The normalized spacial score (nSPS) is 27.9. The molecular weight excluding hydrogens is 264 g/mol. The topological polar surface area (TPSA) is 59.0 Å². The Labute approximate surface area is 125 Å². The van der Waals surface area contributed by atoms with Crippen LogP contribution in [0.5, 0.6) is 0 Å². The third-order valence-electron chi connectivity index (χ3n) is 5.57. The summed E-state index contributed by atoms with van der Waals surface area (Å²) >= 11 is 0. The summed E-state index contributed by atoms with van der Waals surface area (Å²) in [5.74, 6) is 0.674. The fourth-order valence-electron chi connectivity index (χ4n) is 4.12. The van der Waals surface area contributed by atoms with Crippen LogP contribution in [0.3, 0.4) is 0 Å². The van der Waals surface area contributed by atoms with Crippen LogP contribution < -0.4 is 10.6 Å². The van der Waals surface area contributed by atoms with Gasteiger partial charge in [-0.25, -0.2) is 0 Å². The molecule has 1 saturated heterocycles. The predicted octanol–water partition coefficient (Wildman–Crippen LogP) is 1.87. The standard InChI is InChI=1S/C16H24N4O/c21-15(19-16(7-8-16)12-5-9-17-11-12)14-6-10-18-20(14)13-3-1-2-4-13/h6,10,12-13,17H,1-5,7-9,11H2,(H,19,21). The smallest absolute Gasteiger partial charge is 0.270 e. The van der Waals surface area contributed by atoms with Crippen molar-refractivity contribution in [1.29, 1.82) is 0 Å². The summed E-state index contributed by atoms with van der Waals surface area (Å²) < 4.78 is 1.96. The lowest BCUT2D eigenvalue weighted by atomic mass is 9.96. The van der Waals surface area contributed by atoms with Crippen LogP contribution in [0.25, 0.3) is 0 Å². The van der Waals surface area contributed by atoms with Crippen molar-refractivity contribution in [3.8, 4) is 0 Å². The van der Waals surface area contributed by atoms with Crippen molar-refractivity contribution in [2.45, 2.75) is 56.5 Å². The van der Waals surface area contributed by atoms with Crippen molar-refractivity contribution in [3.05, 3.63) is 18.0 Å². The van der Waals surface area contributed by atoms with E-state index in [1.165, 1.54) is 19.3 Å². The minimum atomic E-state index is 0.0609. The molecule has 21 heavy (non-hydrogen) atoms. The Morgan fingerprint density at radius 2 is 2.14 bits per heavy atom. The van der Waals surface area contributed by atoms with Gasteiger partial charge in [0.05, 0.1) is 6.04 Å². The molecule has 3 aliphatic rings. The summed E-state index contributed by atoms with van der Waals surface area (Å²) in [5, 5.41) is 11.2. The average molecular weight is 288 g/mol. The van der Waals surface area contributed by atoms with E-state index in [-0.39, 0.29) is 11.4 Å². The highest BCUT2D eigenvalue weighted by atomic mass is 16.2. The zero-order chi connectivity index (χ0) is 14.3. The van der Waals surface area contributed by atoms with Crippen LogP contribution in [0.15, 0.2) is 12.3 Å². The van der Waals surface area contributed by atoms with Crippen molar-refractivity contribution >= 4 is 5.91 Å². The van der Waals surface area contributed by atoms with Gasteiger partial charge >= 0.3 is 0 Å². The van der Waals surface area contributed by atoms with Crippen LogP contribution in [0.4, 0.5) is 0 Å². The highest BCUT2D eigenvalue weighted by molar-refractivity contribution is 5.93. The van der Waals surface area contributed by atoms with Gasteiger partial charge in [0.1, 0.15) is 5.69 Å². The molecule has 1 aromatic rings. The zero-order valence-electron chi connectivity index (χ0n) is 12.5. The molecule has 2 N–H and O–H groups in total. The molecule has 114 valence electrons. The molecule has 5 nitrogen and oxygen atoms in total. The molecule has 1 amide bonds. The van der Waals surface area contributed by atoms with Gasteiger partial charge in [0.15, 0.2) is 0 Å². The Bertz CT molecular complexity index is 522. The van der Waals surface area contributed by atoms with E-state index in [1.54, 1.807) is 6.20 Å². The monoisotopic (exact) mass is 288 g/mol. The van der Waals surface area contributed by atoms with E-state index in [0.717, 1.165) is 44.5 Å². The van der Waals surface area contributed by atoms with Gasteiger partial charge in [-0.2, -0.15) is 5.10 Å². The fraction of sp³-hybridized carbons (Fsp3) is 0.750. The van der Waals surface area contributed by atoms with E-state index in [0.29, 0.717) is 12.0 Å². The van der Waals surface area contributed by atoms with Crippen LogP contribution >= 0.6 is 0 Å². The summed E-state index contributed by atoms with van der Waals surface area (Å²) in [7, 11) is 0. The number of amides is 1. The highest BCUT2D eigenvalue weighted by Gasteiger charge is 2.51. The zero-order valence-corrected chi connectivity index (χ0v) is 12.5. The second-order valence-corrected chi connectivity index (χ2v) is 6.90. The first-order valence-corrected chi connectivity index (χ1v) is 8.35. The van der Waals surface area contributed by atoms with Gasteiger partial charge in [-0.05, 0) is 50.6 Å². The van der Waals surface area contributed by atoms with E-state index in [1.807, 2.05) is 10.7 Å². The molecule has 1 aliphatic heterocycles. The Kier molecular flexibility index (Phi) is 3.25. The number of nitrogens with one attached hydrogen (secondary N) is 2. The third-order valence-corrected chi connectivity index (χ3v) is 5.57. The van der Waals surface area contributed by atoms with Gasteiger partial charge in [-0.15, -0.1) is 0 Å². The van der Waals surface area contributed by atoms with E-state index in [2.05, 4.69) is 15.7 Å². The number of hydrogen-bond acceptors (Lipinski definition) is 3. The molecule has 0 spiro atoms. The minimum absolute atomic E-state index is 0.0609. The molecule has 1 unspecified atom stereocenters. The maximum atomic E-state index is 12.7. The van der Waals surface area contributed by atoms with Crippen molar-refractivity contribution < 1.29 is 4.79 Å². The Hall–Kier alpha value is -1.36. The third kappa shape index (κ3) is 2.37. The minimum Gasteiger partial charge on any atom is -0.345 e. The quantitative estimate of drug-likeness (QED) is 0.889. The lowest BCUT2D eigenvalue weighted by Crippen LogP contribution is -2.44. The first kappa shape index (κ1) is 13.3. The maximum Gasteiger partial charge on any atom is 0.270 e. The molecule has 1 atom stereocenters. The molecule has 0 aromatic carbocycles. The summed E-state index contributed by atoms with van der Waals surface area (Å²) in [5.41, 5.74) is 0.810. The molecule has 0 radical (unpaired) electrons. The number of rotatable bonds is 4. The lowest BCUT2D eigenvalue weighted by molar-refractivity contribution is 0.0902. The van der Waals surface area contributed by atoms with Gasteiger partial charge in [0.2, 0.25) is 0 Å². The van der Waals surface area contributed by atoms with Gasteiger partial charge in [-0.1, -0.05) is 12.8 Å². The molecule has 0 bridgehead atoms. The average Bonchev–Trinajstić information content (AvgIpc) is 3.05. The van der Waals surface area contributed by atoms with Crippen LogP contribution in [0, 0.1) is 5.92 Å². The number of carbonyl (C=O) groups excluding carboxylic acids is 1. The molecule has 3 fully saturated rings. The number of carbonyl (C=O) groups is 1. The van der Waals surface area contributed by atoms with E-state index in [9.17, 15) is 4.79 Å². The van der Waals surface area contributed by atoms with E-state index < -0.39 is 0 Å². The number of aromatic nitrogens is 2. The Morgan fingerprint density at radius 3 is 2.81 bits per heavy atom. The Balaban J connectivity index is 1.49. The van der Waals surface area contributed by atoms with Crippen LogP contribution in [-0.4, -0.2) is 34.3 Å². The van der Waals surface area contributed by atoms with Crippen LogP contribution in [-0.2, 0) is 0 Å². The van der Waals surface area contributed by atoms with Gasteiger partial charge < -0.3 is 10.6 Å². The Morgan fingerprint density at radius 1 is 1.33 bits per heavy atom. The number of nitrogens with zero attached hydrogens (tertiary/aromatic N) is 2. The molecule has 2 heterocycles. The predicted molar refractivity (Wildman–Crippen MR) is 80.1 cm³/mol. The van der Waals surface area contributed by atoms with E-state index >= 15 is 0 Å².